The Morgan fingerprint density at radius 1 is 1.33 bits per heavy atom. The molecule has 1 aliphatic heterocycles. The molecule has 0 aliphatic carbocycles. The summed E-state index contributed by atoms with van der Waals surface area (Å²) < 4.78 is 0. The first-order valence-corrected chi connectivity index (χ1v) is 5.47. The van der Waals surface area contributed by atoms with Gasteiger partial charge in [0.1, 0.15) is 6.29 Å². The zero-order valence-corrected chi connectivity index (χ0v) is 9.49. The van der Waals surface area contributed by atoms with E-state index in [1.54, 1.807) is 0 Å². The lowest BCUT2D eigenvalue weighted by Gasteiger charge is -1.95. The number of benzene rings is 1. The van der Waals surface area contributed by atoms with Crippen molar-refractivity contribution in [3.05, 3.63) is 35.4 Å². The minimum absolute atomic E-state index is 0.737. The highest BCUT2D eigenvalue weighted by molar-refractivity contribution is 5.74. The van der Waals surface area contributed by atoms with E-state index in [2.05, 4.69) is 12.2 Å². The van der Waals surface area contributed by atoms with Crippen LogP contribution >= 0.6 is 0 Å². The third-order valence-electron chi connectivity index (χ3n) is 2.52. The maximum Gasteiger partial charge on any atom is 0.150 e. The molecule has 0 bridgehead atoms. The number of hydrogen-bond donors (Lipinski definition) is 1. The van der Waals surface area contributed by atoms with Gasteiger partial charge in [-0.05, 0) is 33.2 Å². The van der Waals surface area contributed by atoms with Crippen LogP contribution in [0.5, 0.6) is 0 Å². The highest BCUT2D eigenvalue weighted by Crippen LogP contribution is 2.01. The first-order valence-electron chi connectivity index (χ1n) is 5.47. The number of aryl methyl sites for hydroxylation is 1. The Kier molecular flexibility index (Phi) is 5.05. The summed E-state index contributed by atoms with van der Waals surface area (Å²) >= 11 is 0. The summed E-state index contributed by atoms with van der Waals surface area (Å²) in [6.07, 6.45) is 3.60. The highest BCUT2D eigenvalue weighted by Gasteiger charge is 2.05. The second-order valence-electron chi connectivity index (χ2n) is 4.03. The summed E-state index contributed by atoms with van der Waals surface area (Å²) in [4.78, 5) is 10.1. The van der Waals surface area contributed by atoms with Crippen molar-refractivity contribution in [1.29, 1.82) is 0 Å². The number of aldehydes is 1. The monoisotopic (exact) mass is 205 g/mol. The molecule has 15 heavy (non-hydrogen) atoms. The fourth-order valence-electron chi connectivity index (χ4n) is 1.50. The van der Waals surface area contributed by atoms with Crippen molar-refractivity contribution in [3.8, 4) is 0 Å². The summed E-state index contributed by atoms with van der Waals surface area (Å²) in [7, 11) is 0. The van der Waals surface area contributed by atoms with Crippen LogP contribution in [0.4, 0.5) is 0 Å². The van der Waals surface area contributed by atoms with Crippen molar-refractivity contribution < 1.29 is 4.79 Å². The molecule has 1 saturated heterocycles. The van der Waals surface area contributed by atoms with Crippen LogP contribution in [-0.4, -0.2) is 18.9 Å². The Morgan fingerprint density at radius 2 is 2.00 bits per heavy atom. The summed E-state index contributed by atoms with van der Waals surface area (Å²) in [5, 5.41) is 3.32. The zero-order chi connectivity index (χ0) is 11.1. The standard InChI is InChI=1S/C8H8O.C5H11N/c1-7-2-4-8(6-9)5-3-7;1-5-3-2-4-6-5/h2-6H,1H3;5-6H,2-4H2,1H3. The molecule has 0 spiro atoms. The lowest BCUT2D eigenvalue weighted by atomic mass is 10.2. The maximum absolute atomic E-state index is 10.1. The number of carbonyl (C=O) groups excluding carboxylic acids is 1. The molecule has 2 heteroatoms. The van der Waals surface area contributed by atoms with E-state index in [4.69, 9.17) is 0 Å². The molecule has 2 rings (SSSR count). The maximum atomic E-state index is 10.1. The number of nitrogens with one attached hydrogen (secondary N) is 1. The van der Waals surface area contributed by atoms with Crippen LogP contribution in [0, 0.1) is 6.92 Å². The number of rotatable bonds is 1. The van der Waals surface area contributed by atoms with Crippen LogP contribution in [0.1, 0.15) is 35.7 Å². The molecule has 1 unspecified atom stereocenters. The molecule has 0 saturated carbocycles. The molecular formula is C13H19NO. The zero-order valence-electron chi connectivity index (χ0n) is 9.49. The van der Waals surface area contributed by atoms with E-state index in [-0.39, 0.29) is 0 Å². The van der Waals surface area contributed by atoms with E-state index >= 15 is 0 Å². The summed E-state index contributed by atoms with van der Waals surface area (Å²) in [6, 6.07) is 8.25. The van der Waals surface area contributed by atoms with Gasteiger partial charge in [-0.3, -0.25) is 4.79 Å². The SMILES string of the molecule is CC1CCCN1.Cc1ccc(C=O)cc1. The van der Waals surface area contributed by atoms with Crippen LogP contribution < -0.4 is 5.32 Å². The molecule has 0 radical (unpaired) electrons. The molecule has 1 atom stereocenters. The molecule has 1 aromatic rings. The second-order valence-corrected chi connectivity index (χ2v) is 4.03. The topological polar surface area (TPSA) is 29.1 Å². The summed E-state index contributed by atoms with van der Waals surface area (Å²) in [5.41, 5.74) is 1.92. The van der Waals surface area contributed by atoms with Gasteiger partial charge in [0.15, 0.2) is 0 Å². The molecule has 0 aromatic heterocycles. The Labute approximate surface area is 91.7 Å². The van der Waals surface area contributed by atoms with Gasteiger partial charge < -0.3 is 5.32 Å². The lowest BCUT2D eigenvalue weighted by Crippen LogP contribution is -2.16. The third kappa shape index (κ3) is 4.75. The first kappa shape index (κ1) is 11.9. The van der Waals surface area contributed by atoms with Crippen LogP contribution in [0.25, 0.3) is 0 Å². The van der Waals surface area contributed by atoms with Gasteiger partial charge in [0, 0.05) is 11.6 Å². The smallest absolute Gasteiger partial charge is 0.150 e. The lowest BCUT2D eigenvalue weighted by molar-refractivity contribution is 0.112. The predicted molar refractivity (Wildman–Crippen MR) is 63.3 cm³/mol. The minimum Gasteiger partial charge on any atom is -0.314 e. The van der Waals surface area contributed by atoms with Crippen LogP contribution in [0.15, 0.2) is 24.3 Å². The van der Waals surface area contributed by atoms with Crippen LogP contribution in [-0.2, 0) is 0 Å². The Bertz CT molecular complexity index is 286. The van der Waals surface area contributed by atoms with Gasteiger partial charge in [0.05, 0.1) is 0 Å². The van der Waals surface area contributed by atoms with E-state index in [1.165, 1.54) is 24.9 Å². The Balaban J connectivity index is 0.000000162. The fourth-order valence-corrected chi connectivity index (χ4v) is 1.50. The fraction of sp³-hybridized carbons (Fsp3) is 0.462. The Morgan fingerprint density at radius 3 is 2.33 bits per heavy atom. The molecular weight excluding hydrogens is 186 g/mol. The number of hydrogen-bond acceptors (Lipinski definition) is 2. The largest absolute Gasteiger partial charge is 0.314 e. The van der Waals surface area contributed by atoms with E-state index in [0.29, 0.717) is 0 Å². The van der Waals surface area contributed by atoms with Gasteiger partial charge in [0.25, 0.3) is 0 Å². The van der Waals surface area contributed by atoms with E-state index in [9.17, 15) is 4.79 Å². The van der Waals surface area contributed by atoms with Crippen LogP contribution in [0.3, 0.4) is 0 Å². The summed E-state index contributed by atoms with van der Waals surface area (Å²) in [6.45, 7) is 5.46. The molecule has 1 fully saturated rings. The van der Waals surface area contributed by atoms with Crippen molar-refractivity contribution >= 4 is 6.29 Å². The summed E-state index contributed by atoms with van der Waals surface area (Å²) in [5.74, 6) is 0. The van der Waals surface area contributed by atoms with Gasteiger partial charge in [-0.2, -0.15) is 0 Å². The molecule has 1 aromatic carbocycles. The molecule has 1 heterocycles. The molecule has 1 aliphatic rings. The molecule has 82 valence electrons. The van der Waals surface area contributed by atoms with Gasteiger partial charge in [-0.1, -0.05) is 29.8 Å². The first-order chi connectivity index (χ1) is 7.22. The predicted octanol–water partition coefficient (Wildman–Crippen LogP) is 2.57. The highest BCUT2D eigenvalue weighted by atomic mass is 16.1. The average Bonchev–Trinajstić information content (AvgIpc) is 2.71. The van der Waals surface area contributed by atoms with Crippen molar-refractivity contribution in [2.75, 3.05) is 6.54 Å². The van der Waals surface area contributed by atoms with Gasteiger partial charge in [-0.15, -0.1) is 0 Å². The van der Waals surface area contributed by atoms with Gasteiger partial charge in [0.2, 0.25) is 0 Å². The second kappa shape index (κ2) is 6.36. The van der Waals surface area contributed by atoms with Crippen LogP contribution in [0.2, 0.25) is 0 Å². The van der Waals surface area contributed by atoms with Crippen molar-refractivity contribution in [2.24, 2.45) is 0 Å². The van der Waals surface area contributed by atoms with E-state index < -0.39 is 0 Å². The molecule has 2 nitrogen and oxygen atoms in total. The van der Waals surface area contributed by atoms with Crippen molar-refractivity contribution in [1.82, 2.24) is 5.32 Å². The van der Waals surface area contributed by atoms with E-state index in [1.807, 2.05) is 31.2 Å². The number of carbonyl (C=O) groups is 1. The van der Waals surface area contributed by atoms with Gasteiger partial charge >= 0.3 is 0 Å². The quantitative estimate of drug-likeness (QED) is 0.714. The van der Waals surface area contributed by atoms with Gasteiger partial charge in [-0.25, -0.2) is 0 Å². The minimum atomic E-state index is 0.737. The Hall–Kier alpha value is -1.15. The van der Waals surface area contributed by atoms with Crippen molar-refractivity contribution in [2.45, 2.75) is 32.7 Å². The molecule has 1 N–H and O–H groups in total. The average molecular weight is 205 g/mol. The molecule has 0 amide bonds. The third-order valence-corrected chi connectivity index (χ3v) is 2.52. The van der Waals surface area contributed by atoms with Crippen molar-refractivity contribution in [3.63, 3.8) is 0 Å². The van der Waals surface area contributed by atoms with E-state index in [0.717, 1.165) is 17.9 Å². The normalized spacial score (nSPS) is 19.2.